The summed E-state index contributed by atoms with van der Waals surface area (Å²) in [6.45, 7) is 3.36. The van der Waals surface area contributed by atoms with Crippen molar-refractivity contribution in [3.05, 3.63) is 41.4 Å². The maximum absolute atomic E-state index is 13.6. The van der Waals surface area contributed by atoms with Crippen LogP contribution in [0.5, 0.6) is 0 Å². The second kappa shape index (κ2) is 7.37. The Morgan fingerprint density at radius 1 is 1.03 bits per heavy atom. The van der Waals surface area contributed by atoms with Crippen molar-refractivity contribution in [3.63, 3.8) is 0 Å². The van der Waals surface area contributed by atoms with Gasteiger partial charge < -0.3 is 16.4 Å². The van der Waals surface area contributed by atoms with Gasteiger partial charge in [0.2, 0.25) is 11.8 Å². The Bertz CT molecular complexity index is 1120. The molecule has 0 unspecified atom stereocenters. The molecule has 0 radical (unpaired) electrons. The highest BCUT2D eigenvalue weighted by molar-refractivity contribution is 7.18. The van der Waals surface area contributed by atoms with Crippen LogP contribution in [-0.4, -0.2) is 41.3 Å². The molecule has 4 N–H and O–H groups in total. The Hall–Kier alpha value is -2.25. The maximum atomic E-state index is 13.6. The van der Waals surface area contributed by atoms with Gasteiger partial charge in [-0.3, -0.25) is 9.59 Å². The van der Waals surface area contributed by atoms with Crippen LogP contribution in [0.3, 0.4) is 0 Å². The van der Waals surface area contributed by atoms with Gasteiger partial charge >= 0.3 is 0 Å². The van der Waals surface area contributed by atoms with Crippen LogP contribution in [0.1, 0.15) is 50.0 Å². The molecule has 7 heteroatoms. The SMILES string of the molecule is NC(=O)[C@]1(CCCCN2CCCC2)[C@@H]2C=C[C@@H](C23CC3)[C@@]1(C(N)=O)c1nc2ccccc2s1. The Morgan fingerprint density at radius 3 is 2.42 bits per heavy atom. The van der Waals surface area contributed by atoms with Crippen LogP contribution < -0.4 is 11.5 Å². The summed E-state index contributed by atoms with van der Waals surface area (Å²) in [5.74, 6) is -0.981. The van der Waals surface area contributed by atoms with E-state index in [1.165, 1.54) is 24.2 Å². The molecule has 1 spiro atoms. The van der Waals surface area contributed by atoms with Gasteiger partial charge in [-0.15, -0.1) is 11.3 Å². The quantitative estimate of drug-likeness (QED) is 0.462. The summed E-state index contributed by atoms with van der Waals surface area (Å²) in [6, 6.07) is 7.90. The van der Waals surface area contributed by atoms with Gasteiger partial charge in [0.05, 0.1) is 15.6 Å². The molecule has 2 bridgehead atoms. The number of aromatic nitrogens is 1. The molecule has 33 heavy (non-hydrogen) atoms. The van der Waals surface area contributed by atoms with E-state index in [0.29, 0.717) is 11.4 Å². The van der Waals surface area contributed by atoms with Crippen LogP contribution >= 0.6 is 11.3 Å². The third-order valence-electron chi connectivity index (χ3n) is 9.22. The summed E-state index contributed by atoms with van der Waals surface area (Å²) in [7, 11) is 0. The number of carbonyl (C=O) groups excluding carboxylic acids is 2. The van der Waals surface area contributed by atoms with Gasteiger partial charge in [0, 0.05) is 5.92 Å². The molecule has 1 aliphatic heterocycles. The lowest BCUT2D eigenvalue weighted by molar-refractivity contribution is -0.143. The number of unbranched alkanes of at least 4 members (excludes halogenated alkanes) is 1. The maximum Gasteiger partial charge on any atom is 0.232 e. The van der Waals surface area contributed by atoms with Crippen LogP contribution in [0, 0.1) is 22.7 Å². The van der Waals surface area contributed by atoms with Crippen molar-refractivity contribution in [2.75, 3.05) is 19.6 Å². The molecular formula is C26H32N4O2S. The topological polar surface area (TPSA) is 102 Å². The number of para-hydroxylation sites is 1. The van der Waals surface area contributed by atoms with Crippen LogP contribution in [0.2, 0.25) is 0 Å². The molecule has 174 valence electrons. The molecule has 4 atom stereocenters. The van der Waals surface area contributed by atoms with Gasteiger partial charge in [-0.2, -0.15) is 0 Å². The molecule has 1 saturated heterocycles. The van der Waals surface area contributed by atoms with Gasteiger partial charge in [0.1, 0.15) is 10.4 Å². The van der Waals surface area contributed by atoms with E-state index in [1.54, 1.807) is 0 Å². The molecule has 2 amide bonds. The molecule has 4 aliphatic rings. The number of carbonyl (C=O) groups is 2. The fourth-order valence-electron chi connectivity index (χ4n) is 7.73. The number of nitrogens with two attached hydrogens (primary N) is 2. The summed E-state index contributed by atoms with van der Waals surface area (Å²) in [5.41, 5.74) is 11.2. The van der Waals surface area contributed by atoms with Gasteiger partial charge in [-0.25, -0.2) is 4.98 Å². The smallest absolute Gasteiger partial charge is 0.232 e. The zero-order valence-electron chi connectivity index (χ0n) is 19.0. The largest absolute Gasteiger partial charge is 0.369 e. The predicted octanol–water partition coefficient (Wildman–Crippen LogP) is 3.35. The number of likely N-dealkylation sites (tertiary alicyclic amines) is 1. The highest BCUT2D eigenvalue weighted by atomic mass is 32.1. The minimum absolute atomic E-state index is 0.0428. The average molecular weight is 465 g/mol. The van der Waals surface area contributed by atoms with E-state index in [2.05, 4.69) is 17.1 Å². The number of amides is 2. The number of primary amides is 2. The van der Waals surface area contributed by atoms with E-state index in [-0.39, 0.29) is 23.2 Å². The standard InChI is InChI=1S/C26H32N4O2S/c27-21(31)25(11-3-4-14-30-15-5-6-16-30)19-9-10-20(24(19)12-13-24)26(25,22(28)32)23-29-17-7-1-2-8-18(17)33-23/h1-2,7-10,19-20H,3-6,11-16H2,(H2,27,31)(H2,28,32)/t19-,20+,25+,26-/m1/s1. The van der Waals surface area contributed by atoms with E-state index in [9.17, 15) is 9.59 Å². The molecular weight excluding hydrogens is 432 g/mol. The van der Waals surface area contributed by atoms with Crippen LogP contribution in [0.15, 0.2) is 36.4 Å². The first-order valence-corrected chi connectivity index (χ1v) is 13.1. The number of benzene rings is 1. The molecule has 2 aromatic rings. The Kier molecular flexibility index (Phi) is 4.76. The summed E-state index contributed by atoms with van der Waals surface area (Å²) in [6.07, 6.45) is 11.3. The number of fused-ring (bicyclic) bond motifs is 1. The van der Waals surface area contributed by atoms with E-state index in [0.717, 1.165) is 55.5 Å². The zero-order chi connectivity index (χ0) is 22.8. The second-order valence-corrected chi connectivity index (χ2v) is 11.6. The second-order valence-electron chi connectivity index (χ2n) is 10.6. The van der Waals surface area contributed by atoms with Crippen molar-refractivity contribution in [3.8, 4) is 0 Å². The van der Waals surface area contributed by atoms with Crippen LogP contribution in [0.4, 0.5) is 0 Å². The van der Waals surface area contributed by atoms with Crippen molar-refractivity contribution in [1.82, 2.24) is 9.88 Å². The first-order chi connectivity index (χ1) is 16.0. The van der Waals surface area contributed by atoms with Crippen molar-refractivity contribution >= 4 is 33.4 Å². The number of nitrogens with zero attached hydrogens (tertiary/aromatic N) is 2. The van der Waals surface area contributed by atoms with Gasteiger partial charge in [-0.1, -0.05) is 30.7 Å². The first-order valence-electron chi connectivity index (χ1n) is 12.3. The first kappa shape index (κ1) is 21.3. The normalized spacial score (nSPS) is 33.9. The fourth-order valence-corrected chi connectivity index (χ4v) is 9.02. The molecule has 3 fully saturated rings. The summed E-state index contributed by atoms with van der Waals surface area (Å²) in [4.78, 5) is 34.6. The number of hydrogen-bond donors (Lipinski definition) is 2. The number of hydrogen-bond acceptors (Lipinski definition) is 5. The van der Waals surface area contributed by atoms with E-state index >= 15 is 0 Å². The average Bonchev–Trinajstić information content (AvgIpc) is 3.13. The summed E-state index contributed by atoms with van der Waals surface area (Å²) in [5, 5.41) is 0.678. The van der Waals surface area contributed by atoms with Gasteiger partial charge in [0.25, 0.3) is 0 Å². The molecule has 2 saturated carbocycles. The monoisotopic (exact) mass is 464 g/mol. The van der Waals surface area contributed by atoms with Gasteiger partial charge in [-0.05, 0) is 81.6 Å². The fraction of sp³-hybridized carbons (Fsp3) is 0.577. The Labute approximate surface area is 198 Å². The van der Waals surface area contributed by atoms with E-state index < -0.39 is 16.7 Å². The summed E-state index contributed by atoms with van der Waals surface area (Å²) >= 11 is 1.51. The van der Waals surface area contributed by atoms with Gasteiger partial charge in [0.15, 0.2) is 0 Å². The minimum atomic E-state index is -1.17. The predicted molar refractivity (Wildman–Crippen MR) is 129 cm³/mol. The minimum Gasteiger partial charge on any atom is -0.369 e. The Morgan fingerprint density at radius 2 is 1.76 bits per heavy atom. The third kappa shape index (κ3) is 2.66. The van der Waals surface area contributed by atoms with E-state index in [4.69, 9.17) is 16.5 Å². The van der Waals surface area contributed by atoms with Crippen LogP contribution in [-0.2, 0) is 15.0 Å². The molecule has 1 aromatic carbocycles. The lowest BCUT2D eigenvalue weighted by Gasteiger charge is -2.46. The molecule has 3 aliphatic carbocycles. The lowest BCUT2D eigenvalue weighted by atomic mass is 9.55. The molecule has 2 heterocycles. The highest BCUT2D eigenvalue weighted by Gasteiger charge is 2.83. The van der Waals surface area contributed by atoms with Crippen molar-refractivity contribution in [2.45, 2.75) is 50.4 Å². The number of allylic oxidation sites excluding steroid dienone is 2. The van der Waals surface area contributed by atoms with Crippen molar-refractivity contribution in [1.29, 1.82) is 0 Å². The molecule has 1 aromatic heterocycles. The molecule has 6 nitrogen and oxygen atoms in total. The number of thiazole rings is 1. The van der Waals surface area contributed by atoms with Crippen molar-refractivity contribution < 1.29 is 9.59 Å². The summed E-state index contributed by atoms with van der Waals surface area (Å²) < 4.78 is 1.01. The van der Waals surface area contributed by atoms with E-state index in [1.807, 2.05) is 24.3 Å². The van der Waals surface area contributed by atoms with Crippen LogP contribution in [0.25, 0.3) is 10.2 Å². The highest BCUT2D eigenvalue weighted by Crippen LogP contribution is 2.81. The third-order valence-corrected chi connectivity index (χ3v) is 10.4. The Balaban J connectivity index is 1.45. The zero-order valence-corrected chi connectivity index (χ0v) is 19.8. The number of rotatable bonds is 8. The van der Waals surface area contributed by atoms with Crippen molar-refractivity contribution in [2.24, 2.45) is 34.1 Å². The lowest BCUT2D eigenvalue weighted by Crippen LogP contribution is -2.62. The molecule has 6 rings (SSSR count).